The van der Waals surface area contributed by atoms with Gasteiger partial charge in [-0.3, -0.25) is 0 Å². The van der Waals surface area contributed by atoms with E-state index in [1.807, 2.05) is 6.07 Å². The van der Waals surface area contributed by atoms with Crippen molar-refractivity contribution >= 4 is 23.2 Å². The monoisotopic (exact) mass is 227 g/mol. The van der Waals surface area contributed by atoms with Crippen LogP contribution >= 0.6 is 23.2 Å². The van der Waals surface area contributed by atoms with E-state index in [0.29, 0.717) is 10.9 Å². The van der Waals surface area contributed by atoms with E-state index in [9.17, 15) is 0 Å². The molecule has 0 saturated heterocycles. The highest BCUT2D eigenvalue weighted by Gasteiger charge is 2.20. The van der Waals surface area contributed by atoms with Crippen LogP contribution in [0, 0.1) is 6.07 Å². The van der Waals surface area contributed by atoms with Gasteiger partial charge in [-0.1, -0.05) is 48.5 Å². The standard InChI is InChI=1S/C12H13Cl2/c13-10-7-4-8-11(14)12(10)9-5-2-1-3-6-9/h4,7,9H,1-3,5-6H2. The van der Waals surface area contributed by atoms with Crippen molar-refractivity contribution in [2.75, 3.05) is 0 Å². The number of hydrogen-bond acceptors (Lipinski definition) is 0. The summed E-state index contributed by atoms with van der Waals surface area (Å²) in [5.41, 5.74) is 1.12. The molecule has 0 aliphatic heterocycles. The minimum Gasteiger partial charge on any atom is -0.0840 e. The molecule has 0 bridgehead atoms. The van der Waals surface area contributed by atoms with E-state index in [1.54, 1.807) is 6.07 Å². The molecule has 0 amide bonds. The maximum Gasteiger partial charge on any atom is 0.0534 e. The molecule has 75 valence electrons. The van der Waals surface area contributed by atoms with Crippen LogP contribution < -0.4 is 0 Å². The molecule has 1 saturated carbocycles. The van der Waals surface area contributed by atoms with Gasteiger partial charge in [0.15, 0.2) is 0 Å². The van der Waals surface area contributed by atoms with Crippen LogP contribution in [-0.2, 0) is 0 Å². The highest BCUT2D eigenvalue weighted by Crippen LogP contribution is 2.39. The molecule has 2 rings (SSSR count). The van der Waals surface area contributed by atoms with Gasteiger partial charge < -0.3 is 0 Å². The summed E-state index contributed by atoms with van der Waals surface area (Å²) in [4.78, 5) is 0. The molecule has 14 heavy (non-hydrogen) atoms. The van der Waals surface area contributed by atoms with Gasteiger partial charge in [0.25, 0.3) is 0 Å². The maximum atomic E-state index is 6.16. The van der Waals surface area contributed by atoms with Gasteiger partial charge in [0.05, 0.1) is 5.02 Å². The van der Waals surface area contributed by atoms with Crippen molar-refractivity contribution < 1.29 is 0 Å². The second kappa shape index (κ2) is 4.55. The Morgan fingerprint density at radius 3 is 2.50 bits per heavy atom. The highest BCUT2D eigenvalue weighted by atomic mass is 35.5. The summed E-state index contributed by atoms with van der Waals surface area (Å²) in [6.45, 7) is 0. The Bertz CT molecular complexity index is 294. The lowest BCUT2D eigenvalue weighted by atomic mass is 9.84. The van der Waals surface area contributed by atoms with E-state index in [2.05, 4.69) is 6.07 Å². The normalized spacial score (nSPS) is 18.4. The molecule has 0 N–H and O–H groups in total. The third-order valence-electron chi connectivity index (χ3n) is 2.95. The molecular weight excluding hydrogens is 215 g/mol. The van der Waals surface area contributed by atoms with Crippen molar-refractivity contribution in [2.24, 2.45) is 0 Å². The predicted molar refractivity (Wildman–Crippen MR) is 61.1 cm³/mol. The molecule has 0 aromatic heterocycles. The van der Waals surface area contributed by atoms with Crippen LogP contribution in [0.1, 0.15) is 43.6 Å². The van der Waals surface area contributed by atoms with Crippen LogP contribution in [0.3, 0.4) is 0 Å². The first kappa shape index (κ1) is 10.3. The molecule has 0 spiro atoms. The van der Waals surface area contributed by atoms with Gasteiger partial charge in [-0.05, 0) is 30.4 Å². The lowest BCUT2D eigenvalue weighted by Gasteiger charge is -2.23. The van der Waals surface area contributed by atoms with E-state index in [-0.39, 0.29) is 0 Å². The molecular formula is C12H13Cl2. The Hall–Kier alpha value is -0.200. The highest BCUT2D eigenvalue weighted by molar-refractivity contribution is 6.36. The van der Waals surface area contributed by atoms with Gasteiger partial charge in [0.1, 0.15) is 0 Å². The van der Waals surface area contributed by atoms with Gasteiger partial charge in [-0.2, -0.15) is 0 Å². The van der Waals surface area contributed by atoms with Gasteiger partial charge in [-0.25, -0.2) is 0 Å². The minimum absolute atomic E-state index is 0.557. The fraction of sp³-hybridized carbons (Fsp3) is 0.500. The van der Waals surface area contributed by atoms with Crippen molar-refractivity contribution in [3.63, 3.8) is 0 Å². The molecule has 1 aromatic carbocycles. The zero-order chi connectivity index (χ0) is 9.97. The van der Waals surface area contributed by atoms with E-state index < -0.39 is 0 Å². The molecule has 1 radical (unpaired) electrons. The molecule has 0 atom stereocenters. The largest absolute Gasteiger partial charge is 0.0840 e. The van der Waals surface area contributed by atoms with Crippen LogP contribution in [-0.4, -0.2) is 0 Å². The second-order valence-electron chi connectivity index (χ2n) is 3.89. The molecule has 2 heteroatoms. The molecule has 1 aliphatic carbocycles. The van der Waals surface area contributed by atoms with Crippen molar-refractivity contribution in [3.05, 3.63) is 33.8 Å². The van der Waals surface area contributed by atoms with Crippen LogP contribution in [0.2, 0.25) is 10.0 Å². The summed E-state index contributed by atoms with van der Waals surface area (Å²) in [6.07, 6.45) is 6.38. The fourth-order valence-electron chi connectivity index (χ4n) is 2.23. The average Bonchev–Trinajstić information content (AvgIpc) is 2.19. The molecule has 0 unspecified atom stereocenters. The Labute approximate surface area is 95.2 Å². The summed E-state index contributed by atoms with van der Waals surface area (Å²) in [7, 11) is 0. The van der Waals surface area contributed by atoms with Crippen LogP contribution in [0.4, 0.5) is 0 Å². The van der Waals surface area contributed by atoms with Crippen LogP contribution in [0.25, 0.3) is 0 Å². The van der Waals surface area contributed by atoms with Gasteiger partial charge in [-0.15, -0.1) is 0 Å². The van der Waals surface area contributed by atoms with Crippen molar-refractivity contribution in [2.45, 2.75) is 38.0 Å². The SMILES string of the molecule is Clc1[c]ccc(Cl)c1C1CCCCC1. The average molecular weight is 228 g/mol. The quantitative estimate of drug-likeness (QED) is 0.645. The van der Waals surface area contributed by atoms with Crippen molar-refractivity contribution in [3.8, 4) is 0 Å². The van der Waals surface area contributed by atoms with Gasteiger partial charge >= 0.3 is 0 Å². The lowest BCUT2D eigenvalue weighted by Crippen LogP contribution is -2.05. The molecule has 0 heterocycles. The second-order valence-corrected chi connectivity index (χ2v) is 4.67. The molecule has 1 aromatic rings. The number of halogens is 2. The van der Waals surface area contributed by atoms with Crippen molar-refractivity contribution in [1.82, 2.24) is 0 Å². The smallest absolute Gasteiger partial charge is 0.0534 e. The Balaban J connectivity index is 2.29. The third-order valence-corrected chi connectivity index (χ3v) is 3.59. The maximum absolute atomic E-state index is 6.16. The number of rotatable bonds is 1. The Kier molecular flexibility index (Phi) is 3.35. The minimum atomic E-state index is 0.557. The summed E-state index contributed by atoms with van der Waals surface area (Å²) < 4.78 is 0. The predicted octanol–water partition coefficient (Wildman–Crippen LogP) is 4.84. The Morgan fingerprint density at radius 2 is 1.86 bits per heavy atom. The van der Waals surface area contributed by atoms with E-state index >= 15 is 0 Å². The van der Waals surface area contributed by atoms with Crippen LogP contribution in [0.5, 0.6) is 0 Å². The first-order valence-corrected chi connectivity index (χ1v) is 5.90. The topological polar surface area (TPSA) is 0 Å². The third kappa shape index (κ3) is 2.07. The van der Waals surface area contributed by atoms with E-state index in [1.165, 1.54) is 32.1 Å². The Morgan fingerprint density at radius 1 is 1.14 bits per heavy atom. The summed E-state index contributed by atoms with van der Waals surface area (Å²) in [5, 5.41) is 1.52. The van der Waals surface area contributed by atoms with E-state index in [4.69, 9.17) is 23.2 Å². The van der Waals surface area contributed by atoms with E-state index in [0.717, 1.165) is 10.6 Å². The number of benzene rings is 1. The molecule has 1 fully saturated rings. The zero-order valence-electron chi connectivity index (χ0n) is 8.02. The van der Waals surface area contributed by atoms with Gasteiger partial charge in [0.2, 0.25) is 0 Å². The zero-order valence-corrected chi connectivity index (χ0v) is 9.54. The summed E-state index contributed by atoms with van der Waals surface area (Å²) in [6, 6.07) is 6.69. The van der Waals surface area contributed by atoms with Gasteiger partial charge in [0, 0.05) is 11.1 Å². The van der Waals surface area contributed by atoms with Crippen LogP contribution in [0.15, 0.2) is 12.1 Å². The fourth-order valence-corrected chi connectivity index (χ4v) is 2.91. The van der Waals surface area contributed by atoms with Crippen molar-refractivity contribution in [1.29, 1.82) is 0 Å². The lowest BCUT2D eigenvalue weighted by molar-refractivity contribution is 0.444. The summed E-state index contributed by atoms with van der Waals surface area (Å²) >= 11 is 12.3. The first-order chi connectivity index (χ1) is 6.79. The molecule has 0 nitrogen and oxygen atoms in total. The number of hydrogen-bond donors (Lipinski definition) is 0. The first-order valence-electron chi connectivity index (χ1n) is 5.14. The summed E-state index contributed by atoms with van der Waals surface area (Å²) in [5.74, 6) is 0.557. The molecule has 1 aliphatic rings.